The predicted molar refractivity (Wildman–Crippen MR) is 141 cm³/mol. The van der Waals surface area contributed by atoms with Crippen molar-refractivity contribution in [2.24, 2.45) is 17.3 Å². The van der Waals surface area contributed by atoms with Crippen LogP contribution in [0.25, 0.3) is 16.6 Å². The zero-order chi connectivity index (χ0) is 25.2. The van der Waals surface area contributed by atoms with Gasteiger partial charge in [-0.3, -0.25) is 4.79 Å². The van der Waals surface area contributed by atoms with Gasteiger partial charge in [0.1, 0.15) is 0 Å². The average molecular weight is 504 g/mol. The van der Waals surface area contributed by atoms with Crippen LogP contribution in [0.15, 0.2) is 71.2 Å². The van der Waals surface area contributed by atoms with Crippen molar-refractivity contribution in [3.8, 4) is 5.69 Å². The first-order valence-electron chi connectivity index (χ1n) is 12.5. The van der Waals surface area contributed by atoms with Crippen LogP contribution in [0.1, 0.15) is 38.7 Å². The van der Waals surface area contributed by atoms with E-state index in [1.807, 2.05) is 47.9 Å². The van der Waals surface area contributed by atoms with Gasteiger partial charge in [0.05, 0.1) is 17.2 Å². The summed E-state index contributed by atoms with van der Waals surface area (Å²) in [5.41, 5.74) is 2.37. The summed E-state index contributed by atoms with van der Waals surface area (Å²) in [5, 5.41) is 18.0. The number of hydrogen-bond acceptors (Lipinski definition) is 3. The van der Waals surface area contributed by atoms with E-state index in [-0.39, 0.29) is 29.5 Å². The van der Waals surface area contributed by atoms with E-state index in [4.69, 9.17) is 11.6 Å². The molecule has 0 saturated heterocycles. The molecule has 3 aliphatic carbocycles. The maximum Gasteiger partial charge on any atom is 0.315 e. The van der Waals surface area contributed by atoms with Crippen LogP contribution in [0.3, 0.4) is 0 Å². The Kier molecular flexibility index (Phi) is 5.32. The lowest BCUT2D eigenvalue weighted by atomic mass is 9.65. The SMILES string of the molecule is CC1(O)C=C2C3CC(C)(CC3C2NC(=O)NCc2cn(-c3ccccc3)c3cc(Cl)ccc3c2=O)C1. The smallest absolute Gasteiger partial charge is 0.315 e. The monoisotopic (exact) mass is 503 g/mol. The molecule has 0 radical (unpaired) electrons. The van der Waals surface area contributed by atoms with Crippen LogP contribution in [-0.4, -0.2) is 27.3 Å². The molecule has 3 aromatic rings. The number of nitrogens with one attached hydrogen (secondary N) is 2. The first-order valence-corrected chi connectivity index (χ1v) is 12.9. The van der Waals surface area contributed by atoms with E-state index >= 15 is 0 Å². The molecule has 2 aromatic carbocycles. The molecular formula is C29H30ClN3O3. The summed E-state index contributed by atoms with van der Waals surface area (Å²) < 4.78 is 1.93. The number of aliphatic hydroxyl groups is 1. The topological polar surface area (TPSA) is 83.4 Å². The van der Waals surface area contributed by atoms with Gasteiger partial charge in [0.25, 0.3) is 0 Å². The van der Waals surface area contributed by atoms with Crippen LogP contribution in [0.2, 0.25) is 5.02 Å². The Labute approximate surface area is 215 Å². The molecule has 0 spiro atoms. The molecule has 2 saturated carbocycles. The molecule has 36 heavy (non-hydrogen) atoms. The summed E-state index contributed by atoms with van der Waals surface area (Å²) in [6, 6.07) is 14.6. The van der Waals surface area contributed by atoms with Gasteiger partial charge in [0, 0.05) is 34.4 Å². The van der Waals surface area contributed by atoms with Crippen LogP contribution in [0.4, 0.5) is 4.79 Å². The summed E-state index contributed by atoms with van der Waals surface area (Å²) in [4.78, 5) is 26.2. The van der Waals surface area contributed by atoms with Crippen LogP contribution in [0, 0.1) is 17.3 Å². The zero-order valence-electron chi connectivity index (χ0n) is 20.4. The van der Waals surface area contributed by atoms with Crippen molar-refractivity contribution >= 4 is 28.5 Å². The van der Waals surface area contributed by atoms with Crippen molar-refractivity contribution in [2.75, 3.05) is 0 Å². The summed E-state index contributed by atoms with van der Waals surface area (Å²) in [6.07, 6.45) is 6.58. The summed E-state index contributed by atoms with van der Waals surface area (Å²) in [7, 11) is 0. The Hall–Kier alpha value is -3.09. The number of carbonyl (C=O) groups excluding carboxylic acids is 1. The van der Waals surface area contributed by atoms with Gasteiger partial charge in [-0.05, 0) is 79.3 Å². The van der Waals surface area contributed by atoms with Crippen molar-refractivity contribution in [1.82, 2.24) is 15.2 Å². The normalized spacial score (nSPS) is 30.3. The number of hydrogen-bond donors (Lipinski definition) is 3. The van der Waals surface area contributed by atoms with Crippen molar-refractivity contribution < 1.29 is 9.90 Å². The fourth-order valence-electron chi connectivity index (χ4n) is 7.01. The largest absolute Gasteiger partial charge is 0.386 e. The molecule has 1 heterocycles. The number of halogens is 1. The molecule has 6 rings (SSSR count). The Morgan fingerprint density at radius 3 is 2.72 bits per heavy atom. The van der Waals surface area contributed by atoms with Crippen molar-refractivity contribution in [2.45, 2.75) is 51.3 Å². The van der Waals surface area contributed by atoms with Crippen LogP contribution >= 0.6 is 11.6 Å². The molecule has 1 aromatic heterocycles. The highest BCUT2D eigenvalue weighted by Crippen LogP contribution is 2.62. The van der Waals surface area contributed by atoms with Crippen molar-refractivity contribution in [1.29, 1.82) is 0 Å². The van der Waals surface area contributed by atoms with Gasteiger partial charge in [-0.25, -0.2) is 4.79 Å². The van der Waals surface area contributed by atoms with Gasteiger partial charge < -0.3 is 20.3 Å². The van der Waals surface area contributed by atoms with E-state index in [1.165, 1.54) is 0 Å². The number of rotatable bonds is 4. The second-order valence-electron chi connectivity index (χ2n) is 11.3. The lowest BCUT2D eigenvalue weighted by Gasteiger charge is -2.46. The maximum absolute atomic E-state index is 13.3. The number of fused-ring (bicyclic) bond motifs is 2. The Bertz CT molecular complexity index is 1460. The Balaban J connectivity index is 1.24. The minimum Gasteiger partial charge on any atom is -0.386 e. The third kappa shape index (κ3) is 3.93. The van der Waals surface area contributed by atoms with Crippen LogP contribution in [0.5, 0.6) is 0 Å². The maximum atomic E-state index is 13.3. The summed E-state index contributed by atoms with van der Waals surface area (Å²) in [6.45, 7) is 4.21. The van der Waals surface area contributed by atoms with Crippen LogP contribution in [-0.2, 0) is 6.54 Å². The average Bonchev–Trinajstić information content (AvgIpc) is 3.08. The van der Waals surface area contributed by atoms with Gasteiger partial charge in [0.15, 0.2) is 5.43 Å². The molecule has 5 atom stereocenters. The number of pyridine rings is 1. The molecule has 7 heteroatoms. The summed E-state index contributed by atoms with van der Waals surface area (Å²) >= 11 is 6.24. The lowest BCUT2D eigenvalue weighted by Crippen LogP contribution is -2.55. The van der Waals surface area contributed by atoms with Gasteiger partial charge in [-0.2, -0.15) is 0 Å². The van der Waals surface area contributed by atoms with E-state index in [1.54, 1.807) is 24.4 Å². The van der Waals surface area contributed by atoms with Crippen molar-refractivity contribution in [3.05, 3.63) is 87.2 Å². The predicted octanol–water partition coefficient (Wildman–Crippen LogP) is 4.94. The Morgan fingerprint density at radius 2 is 1.94 bits per heavy atom. The van der Waals surface area contributed by atoms with Gasteiger partial charge in [0.2, 0.25) is 0 Å². The van der Waals surface area contributed by atoms with E-state index in [2.05, 4.69) is 17.6 Å². The molecule has 3 aliphatic rings. The van der Waals surface area contributed by atoms with Gasteiger partial charge in [-0.15, -0.1) is 0 Å². The highest BCUT2D eigenvalue weighted by atomic mass is 35.5. The molecule has 2 amide bonds. The molecule has 5 unspecified atom stereocenters. The van der Waals surface area contributed by atoms with E-state index < -0.39 is 5.60 Å². The zero-order valence-corrected chi connectivity index (χ0v) is 21.2. The highest BCUT2D eigenvalue weighted by molar-refractivity contribution is 6.31. The second kappa shape index (κ2) is 8.22. The van der Waals surface area contributed by atoms with E-state index in [0.29, 0.717) is 33.3 Å². The highest BCUT2D eigenvalue weighted by Gasteiger charge is 2.59. The minimum atomic E-state index is -0.850. The third-order valence-corrected chi connectivity index (χ3v) is 8.47. The number of para-hydroxylation sites is 1. The first-order chi connectivity index (χ1) is 17.1. The lowest BCUT2D eigenvalue weighted by molar-refractivity contribution is 0.0494. The molecule has 2 bridgehead atoms. The molecule has 186 valence electrons. The fraction of sp³-hybridized carbons (Fsp3) is 0.379. The standard InChI is InChI=1S/C29H30ClN3O3/c1-28-11-21-22(12-28)25(23(21)13-29(2,36)16-28)32-27(35)31-14-17-15-33(19-6-4-3-5-7-19)24-10-18(30)8-9-20(24)26(17)34/h3-10,13,15,21-22,25,36H,11-12,14,16H2,1-2H3,(H2,31,32,35). The molecule has 2 fully saturated rings. The number of amides is 2. The van der Waals surface area contributed by atoms with E-state index in [0.717, 1.165) is 30.5 Å². The minimum absolute atomic E-state index is 0.0664. The number of urea groups is 1. The quantitative estimate of drug-likeness (QED) is 0.441. The molecular weight excluding hydrogens is 474 g/mol. The third-order valence-electron chi connectivity index (χ3n) is 8.24. The molecule has 6 nitrogen and oxygen atoms in total. The fourth-order valence-corrected chi connectivity index (χ4v) is 7.17. The Morgan fingerprint density at radius 1 is 1.17 bits per heavy atom. The van der Waals surface area contributed by atoms with E-state index in [9.17, 15) is 14.7 Å². The van der Waals surface area contributed by atoms with Gasteiger partial charge in [-0.1, -0.05) is 42.8 Å². The first kappa shape index (κ1) is 23.3. The molecule has 3 N–H and O–H groups in total. The van der Waals surface area contributed by atoms with Gasteiger partial charge >= 0.3 is 6.03 Å². The second-order valence-corrected chi connectivity index (χ2v) is 11.8. The van der Waals surface area contributed by atoms with Crippen molar-refractivity contribution in [3.63, 3.8) is 0 Å². The summed E-state index contributed by atoms with van der Waals surface area (Å²) in [5.74, 6) is 0.850. The number of carbonyl (C=O) groups is 1. The number of nitrogens with zero attached hydrogens (tertiary/aromatic N) is 1. The number of benzene rings is 2. The molecule has 0 aliphatic heterocycles. The number of aromatic nitrogens is 1. The van der Waals surface area contributed by atoms with Crippen LogP contribution < -0.4 is 16.1 Å².